The van der Waals surface area contributed by atoms with Gasteiger partial charge in [-0.15, -0.1) is 0 Å². The van der Waals surface area contributed by atoms with Crippen LogP contribution in [0, 0.1) is 5.82 Å². The van der Waals surface area contributed by atoms with Crippen molar-refractivity contribution in [2.75, 3.05) is 11.1 Å². The predicted octanol–water partition coefficient (Wildman–Crippen LogP) is 3.60. The molecule has 6 nitrogen and oxygen atoms in total. The minimum absolute atomic E-state index is 0.308. The number of hydrogen-bond acceptors (Lipinski definition) is 6. The van der Waals surface area contributed by atoms with E-state index in [2.05, 4.69) is 15.3 Å². The first-order chi connectivity index (χ1) is 13.1. The van der Waals surface area contributed by atoms with Gasteiger partial charge in [0.15, 0.2) is 11.2 Å². The van der Waals surface area contributed by atoms with Gasteiger partial charge in [0.1, 0.15) is 23.0 Å². The lowest BCUT2D eigenvalue weighted by molar-refractivity contribution is 0.294. The maximum absolute atomic E-state index is 13.4. The van der Waals surface area contributed by atoms with Crippen LogP contribution in [0.3, 0.4) is 0 Å². The number of nitrogens with two attached hydrogens (primary N) is 1. The zero-order chi connectivity index (χ0) is 18.5. The van der Waals surface area contributed by atoms with Gasteiger partial charge in [-0.05, 0) is 54.6 Å². The van der Waals surface area contributed by atoms with Crippen LogP contribution < -0.4 is 11.1 Å². The Morgan fingerprint density at radius 1 is 1.07 bits per heavy atom. The number of nitrogens with zero attached hydrogens (tertiary/aromatic N) is 3. The highest BCUT2D eigenvalue weighted by molar-refractivity contribution is 8.00. The van der Waals surface area contributed by atoms with Crippen LogP contribution in [0.1, 0.15) is 0 Å². The van der Waals surface area contributed by atoms with Crippen molar-refractivity contribution in [3.05, 3.63) is 60.4 Å². The maximum Gasteiger partial charge on any atom is 0.178 e. The molecule has 4 aromatic rings. The van der Waals surface area contributed by atoms with E-state index in [1.54, 1.807) is 18.2 Å². The number of fused-ring (bicyclic) bond motifs is 2. The molecule has 134 valence electrons. The predicted molar refractivity (Wildman–Crippen MR) is 104 cm³/mol. The van der Waals surface area contributed by atoms with Crippen LogP contribution in [-0.4, -0.2) is 25.2 Å². The van der Waals surface area contributed by atoms with Crippen molar-refractivity contribution in [2.24, 2.45) is 0 Å². The molecule has 0 bridgehead atoms. The molecule has 27 heavy (non-hydrogen) atoms. The highest BCUT2D eigenvalue weighted by atomic mass is 32.2. The first-order valence-corrected chi connectivity index (χ1v) is 9.13. The van der Waals surface area contributed by atoms with E-state index in [9.17, 15) is 9.50 Å². The fourth-order valence-corrected chi connectivity index (χ4v) is 4.03. The molecule has 0 fully saturated rings. The Bertz CT molecular complexity index is 1170. The molecule has 0 aliphatic carbocycles. The standard InChI is InChI=1S/C19H14FN5OS/c20-11-3-1-10(2-4-11)17-22-14-7-8-16(21)24-18(14)25(17)12-5-6-13-15(9-12)27-19(26)23-13/h1-9,19,23,26H,(H2,21,24)/t19-/m1/s1. The summed E-state index contributed by atoms with van der Waals surface area (Å²) < 4.78 is 15.3. The first-order valence-electron chi connectivity index (χ1n) is 8.25. The lowest BCUT2D eigenvalue weighted by atomic mass is 10.2. The van der Waals surface area contributed by atoms with Crippen molar-refractivity contribution in [2.45, 2.75) is 10.5 Å². The number of aromatic nitrogens is 3. The van der Waals surface area contributed by atoms with Gasteiger partial charge in [0.25, 0.3) is 0 Å². The third-order valence-corrected chi connectivity index (χ3v) is 5.30. The zero-order valence-electron chi connectivity index (χ0n) is 13.9. The molecule has 8 heteroatoms. The van der Waals surface area contributed by atoms with Gasteiger partial charge in [-0.25, -0.2) is 14.4 Å². The fraction of sp³-hybridized carbons (Fsp3) is 0.0526. The summed E-state index contributed by atoms with van der Waals surface area (Å²) in [5, 5.41) is 12.8. The monoisotopic (exact) mass is 379 g/mol. The molecule has 0 saturated heterocycles. The van der Waals surface area contributed by atoms with E-state index < -0.39 is 5.56 Å². The van der Waals surface area contributed by atoms with Crippen LogP contribution >= 0.6 is 11.8 Å². The van der Waals surface area contributed by atoms with Gasteiger partial charge >= 0.3 is 0 Å². The van der Waals surface area contributed by atoms with E-state index in [0.29, 0.717) is 22.8 Å². The number of benzene rings is 2. The van der Waals surface area contributed by atoms with Gasteiger partial charge in [0.2, 0.25) is 0 Å². The number of imidazole rings is 1. The molecule has 0 radical (unpaired) electrons. The van der Waals surface area contributed by atoms with Crippen molar-refractivity contribution in [3.63, 3.8) is 0 Å². The van der Waals surface area contributed by atoms with Crippen LogP contribution in [0.2, 0.25) is 0 Å². The van der Waals surface area contributed by atoms with Crippen LogP contribution in [0.5, 0.6) is 0 Å². The van der Waals surface area contributed by atoms with Crippen molar-refractivity contribution in [1.82, 2.24) is 14.5 Å². The number of pyridine rings is 1. The van der Waals surface area contributed by atoms with E-state index in [0.717, 1.165) is 21.8 Å². The van der Waals surface area contributed by atoms with Crippen LogP contribution in [0.15, 0.2) is 59.5 Å². The highest BCUT2D eigenvalue weighted by Crippen LogP contribution is 2.39. The number of hydrogen-bond donors (Lipinski definition) is 3. The minimum atomic E-state index is -0.667. The Kier molecular flexibility index (Phi) is 3.56. The number of nitrogens with one attached hydrogen (secondary N) is 1. The topological polar surface area (TPSA) is 89.0 Å². The van der Waals surface area contributed by atoms with Gasteiger partial charge in [-0.3, -0.25) is 4.57 Å². The lowest BCUT2D eigenvalue weighted by Crippen LogP contribution is -2.06. The Labute approximate surface area is 157 Å². The molecular formula is C19H14FN5OS. The Balaban J connectivity index is 1.77. The summed E-state index contributed by atoms with van der Waals surface area (Å²) in [6, 6.07) is 15.5. The van der Waals surface area contributed by atoms with Crippen LogP contribution in [-0.2, 0) is 0 Å². The van der Waals surface area contributed by atoms with E-state index in [4.69, 9.17) is 5.73 Å². The first kappa shape index (κ1) is 16.1. The van der Waals surface area contributed by atoms with Crippen molar-refractivity contribution in [1.29, 1.82) is 0 Å². The van der Waals surface area contributed by atoms with Crippen molar-refractivity contribution in [3.8, 4) is 17.1 Å². The molecule has 4 N–H and O–H groups in total. The molecule has 0 spiro atoms. The molecule has 2 aromatic carbocycles. The van der Waals surface area contributed by atoms with Crippen molar-refractivity contribution < 1.29 is 9.50 Å². The fourth-order valence-electron chi connectivity index (χ4n) is 3.16. The van der Waals surface area contributed by atoms with E-state index >= 15 is 0 Å². The normalized spacial score (nSPS) is 15.7. The minimum Gasteiger partial charge on any atom is -0.384 e. The van der Waals surface area contributed by atoms with Gasteiger partial charge in [0.05, 0.1) is 11.4 Å². The number of aliphatic hydroxyl groups excluding tert-OH is 1. The number of anilines is 2. The smallest absolute Gasteiger partial charge is 0.178 e. The number of nitrogen functional groups attached to an aromatic ring is 1. The third kappa shape index (κ3) is 2.70. The van der Waals surface area contributed by atoms with Gasteiger partial charge < -0.3 is 16.2 Å². The van der Waals surface area contributed by atoms with Gasteiger partial charge in [-0.2, -0.15) is 0 Å². The molecular weight excluding hydrogens is 365 g/mol. The molecule has 3 heterocycles. The molecule has 0 saturated carbocycles. The summed E-state index contributed by atoms with van der Waals surface area (Å²) in [4.78, 5) is 10.1. The van der Waals surface area contributed by atoms with Crippen molar-refractivity contribution >= 4 is 34.4 Å². The number of halogens is 1. The molecule has 1 aliphatic heterocycles. The highest BCUT2D eigenvalue weighted by Gasteiger charge is 2.22. The molecule has 0 unspecified atom stereocenters. The zero-order valence-corrected chi connectivity index (χ0v) is 14.7. The largest absolute Gasteiger partial charge is 0.384 e. The second-order valence-corrected chi connectivity index (χ2v) is 7.27. The Morgan fingerprint density at radius 3 is 2.70 bits per heavy atom. The Morgan fingerprint density at radius 2 is 1.89 bits per heavy atom. The molecule has 1 aliphatic rings. The lowest BCUT2D eigenvalue weighted by Gasteiger charge is -2.10. The second kappa shape index (κ2) is 5.97. The Hall–Kier alpha value is -3.10. The number of rotatable bonds is 2. The third-order valence-electron chi connectivity index (χ3n) is 4.37. The number of thioether (sulfide) groups is 1. The summed E-state index contributed by atoms with van der Waals surface area (Å²) in [6.45, 7) is 0. The number of aliphatic hydroxyl groups is 1. The molecule has 1 atom stereocenters. The average Bonchev–Trinajstić information content (AvgIpc) is 3.20. The van der Waals surface area contributed by atoms with E-state index in [1.165, 1.54) is 23.9 Å². The van der Waals surface area contributed by atoms with Gasteiger partial charge in [-0.1, -0.05) is 11.8 Å². The summed E-state index contributed by atoms with van der Waals surface area (Å²) in [7, 11) is 0. The summed E-state index contributed by atoms with van der Waals surface area (Å²) >= 11 is 1.33. The van der Waals surface area contributed by atoms with E-state index in [1.807, 2.05) is 28.8 Å². The average molecular weight is 379 g/mol. The quantitative estimate of drug-likeness (QED) is 0.493. The van der Waals surface area contributed by atoms with Crippen LogP contribution in [0.4, 0.5) is 15.9 Å². The maximum atomic E-state index is 13.4. The van der Waals surface area contributed by atoms with E-state index in [-0.39, 0.29) is 5.82 Å². The SMILES string of the molecule is Nc1ccc2nc(-c3ccc(F)cc3)n(-c3ccc4c(c3)S[C@@H](O)N4)c2n1. The summed E-state index contributed by atoms with van der Waals surface area (Å²) in [5.41, 5.74) is 9.00. The molecule has 5 rings (SSSR count). The molecule has 2 aromatic heterocycles. The summed E-state index contributed by atoms with van der Waals surface area (Å²) in [5.74, 6) is 0.722. The summed E-state index contributed by atoms with van der Waals surface area (Å²) in [6.07, 6.45) is 0. The van der Waals surface area contributed by atoms with Gasteiger partial charge in [0, 0.05) is 10.5 Å². The van der Waals surface area contributed by atoms with Crippen LogP contribution in [0.25, 0.3) is 28.2 Å². The second-order valence-electron chi connectivity index (χ2n) is 6.15. The molecule has 0 amide bonds.